The van der Waals surface area contributed by atoms with E-state index in [1.165, 1.54) is 0 Å². The van der Waals surface area contributed by atoms with E-state index in [0.29, 0.717) is 16.7 Å². The Morgan fingerprint density at radius 2 is 2.06 bits per heavy atom. The van der Waals surface area contributed by atoms with Gasteiger partial charge in [0.05, 0.1) is 6.10 Å². The summed E-state index contributed by atoms with van der Waals surface area (Å²) in [6.07, 6.45) is 1.09. The van der Waals surface area contributed by atoms with E-state index in [2.05, 4.69) is 0 Å². The highest BCUT2D eigenvalue weighted by molar-refractivity contribution is 6.36. The van der Waals surface area contributed by atoms with Gasteiger partial charge in [0, 0.05) is 29.0 Å². The summed E-state index contributed by atoms with van der Waals surface area (Å²) in [6.45, 7) is 2.59. The van der Waals surface area contributed by atoms with Crippen LogP contribution in [0.1, 0.15) is 18.9 Å². The number of carbonyl (C=O) groups is 1. The Labute approximate surface area is 111 Å². The van der Waals surface area contributed by atoms with Crippen molar-refractivity contribution in [3.8, 4) is 0 Å². The highest BCUT2D eigenvalue weighted by Crippen LogP contribution is 2.28. The van der Waals surface area contributed by atoms with Crippen LogP contribution in [0.15, 0.2) is 18.2 Å². The lowest BCUT2D eigenvalue weighted by Crippen LogP contribution is -2.23. The number of hydrogen-bond acceptors (Lipinski definition) is 2. The van der Waals surface area contributed by atoms with Crippen LogP contribution >= 0.6 is 23.2 Å². The molecule has 0 saturated carbocycles. The fourth-order valence-corrected chi connectivity index (χ4v) is 2.69. The molecule has 0 bridgehead atoms. The maximum atomic E-state index is 12.1. The van der Waals surface area contributed by atoms with Crippen LogP contribution in [0.2, 0.25) is 10.0 Å². The number of ether oxygens (including phenoxy) is 1. The molecule has 2 nitrogen and oxygen atoms in total. The number of halogens is 2. The number of carbonyl (C=O) groups excluding carboxylic acids is 1. The number of ketones is 1. The van der Waals surface area contributed by atoms with Gasteiger partial charge in [0.1, 0.15) is 5.78 Å². The summed E-state index contributed by atoms with van der Waals surface area (Å²) < 4.78 is 5.40. The third-order valence-electron chi connectivity index (χ3n) is 3.20. The minimum Gasteiger partial charge on any atom is -0.378 e. The molecule has 1 aliphatic heterocycles. The third kappa shape index (κ3) is 2.82. The summed E-state index contributed by atoms with van der Waals surface area (Å²) in [7, 11) is 0. The first-order valence-electron chi connectivity index (χ1n) is 5.67. The maximum absolute atomic E-state index is 12.1. The quantitative estimate of drug-likeness (QED) is 0.842. The monoisotopic (exact) mass is 272 g/mol. The van der Waals surface area contributed by atoms with E-state index >= 15 is 0 Å². The molecule has 0 aliphatic carbocycles. The fourth-order valence-electron chi connectivity index (χ4n) is 2.16. The molecular formula is C13H14Cl2O2. The Hall–Kier alpha value is -0.570. The Bertz CT molecular complexity index is 411. The number of benzene rings is 1. The van der Waals surface area contributed by atoms with Gasteiger partial charge in [0.2, 0.25) is 0 Å². The van der Waals surface area contributed by atoms with E-state index in [1.807, 2.05) is 6.92 Å². The largest absolute Gasteiger partial charge is 0.378 e. The molecular weight excluding hydrogens is 259 g/mol. The van der Waals surface area contributed by atoms with Gasteiger partial charge in [0.15, 0.2) is 0 Å². The number of rotatable bonds is 3. The first-order valence-corrected chi connectivity index (χ1v) is 6.42. The topological polar surface area (TPSA) is 26.3 Å². The third-order valence-corrected chi connectivity index (χ3v) is 3.91. The van der Waals surface area contributed by atoms with Crippen molar-refractivity contribution in [2.75, 3.05) is 6.61 Å². The van der Waals surface area contributed by atoms with Gasteiger partial charge in [-0.25, -0.2) is 0 Å². The Morgan fingerprint density at radius 1 is 1.41 bits per heavy atom. The molecule has 92 valence electrons. The van der Waals surface area contributed by atoms with Crippen LogP contribution in [0.5, 0.6) is 0 Å². The van der Waals surface area contributed by atoms with E-state index < -0.39 is 0 Å². The Morgan fingerprint density at radius 3 is 2.59 bits per heavy atom. The van der Waals surface area contributed by atoms with E-state index in [9.17, 15) is 4.79 Å². The van der Waals surface area contributed by atoms with Crippen molar-refractivity contribution in [1.29, 1.82) is 0 Å². The van der Waals surface area contributed by atoms with Crippen molar-refractivity contribution in [2.24, 2.45) is 5.92 Å². The summed E-state index contributed by atoms with van der Waals surface area (Å²) in [5.74, 6) is 0.132. The van der Waals surface area contributed by atoms with Crippen molar-refractivity contribution in [1.82, 2.24) is 0 Å². The van der Waals surface area contributed by atoms with Crippen molar-refractivity contribution < 1.29 is 9.53 Å². The Balaban J connectivity index is 2.13. The van der Waals surface area contributed by atoms with Crippen molar-refractivity contribution >= 4 is 29.0 Å². The molecule has 0 radical (unpaired) electrons. The number of hydrogen-bond donors (Lipinski definition) is 0. The highest BCUT2D eigenvalue weighted by atomic mass is 35.5. The van der Waals surface area contributed by atoms with Crippen LogP contribution in [0.25, 0.3) is 0 Å². The van der Waals surface area contributed by atoms with E-state index in [-0.39, 0.29) is 24.2 Å². The van der Waals surface area contributed by atoms with Gasteiger partial charge in [0.25, 0.3) is 0 Å². The number of Topliss-reactive ketones (excluding diaryl/α,β-unsaturated/α-hetero) is 1. The smallest absolute Gasteiger partial charge is 0.143 e. The molecule has 0 N–H and O–H groups in total. The average molecular weight is 273 g/mol. The van der Waals surface area contributed by atoms with E-state index in [0.717, 1.165) is 12.0 Å². The lowest BCUT2D eigenvalue weighted by Gasteiger charge is -2.13. The summed E-state index contributed by atoms with van der Waals surface area (Å²) in [5, 5.41) is 1.11. The molecule has 1 saturated heterocycles. The molecule has 17 heavy (non-hydrogen) atoms. The predicted molar refractivity (Wildman–Crippen MR) is 68.7 cm³/mol. The first kappa shape index (κ1) is 12.9. The van der Waals surface area contributed by atoms with Crippen LogP contribution in [0.4, 0.5) is 0 Å². The second-order valence-corrected chi connectivity index (χ2v) is 5.13. The molecule has 2 unspecified atom stereocenters. The van der Waals surface area contributed by atoms with Gasteiger partial charge in [-0.2, -0.15) is 0 Å². The lowest BCUT2D eigenvalue weighted by atomic mass is 9.93. The van der Waals surface area contributed by atoms with Crippen LogP contribution in [-0.4, -0.2) is 18.5 Å². The second kappa shape index (κ2) is 5.38. The van der Waals surface area contributed by atoms with E-state index in [1.54, 1.807) is 18.2 Å². The first-order chi connectivity index (χ1) is 8.09. The molecule has 1 aromatic carbocycles. The fraction of sp³-hybridized carbons (Fsp3) is 0.462. The van der Waals surface area contributed by atoms with Gasteiger partial charge >= 0.3 is 0 Å². The summed E-state index contributed by atoms with van der Waals surface area (Å²) >= 11 is 12.1. The molecule has 2 atom stereocenters. The summed E-state index contributed by atoms with van der Waals surface area (Å²) in [4.78, 5) is 12.1. The molecule has 1 aromatic rings. The van der Waals surface area contributed by atoms with Crippen LogP contribution in [0, 0.1) is 5.92 Å². The Kier molecular flexibility index (Phi) is 4.08. The average Bonchev–Trinajstić information content (AvgIpc) is 2.70. The van der Waals surface area contributed by atoms with Crippen molar-refractivity contribution in [3.05, 3.63) is 33.8 Å². The summed E-state index contributed by atoms with van der Waals surface area (Å²) in [6, 6.07) is 5.29. The standard InChI is InChI=1S/C13H14Cl2O2/c1-8-9(5-6-17-8)13(16)7-10-11(14)3-2-4-12(10)15/h2-4,8-9H,5-7H2,1H3. The summed E-state index contributed by atoms with van der Waals surface area (Å²) in [5.41, 5.74) is 0.722. The van der Waals surface area contributed by atoms with Gasteiger partial charge in [-0.1, -0.05) is 29.3 Å². The van der Waals surface area contributed by atoms with Crippen molar-refractivity contribution in [3.63, 3.8) is 0 Å². The normalized spacial score (nSPS) is 23.9. The molecule has 0 aromatic heterocycles. The molecule has 0 spiro atoms. The van der Waals surface area contributed by atoms with Crippen LogP contribution in [-0.2, 0) is 16.0 Å². The van der Waals surface area contributed by atoms with Crippen LogP contribution < -0.4 is 0 Å². The molecule has 1 aliphatic rings. The highest BCUT2D eigenvalue weighted by Gasteiger charge is 2.30. The zero-order chi connectivity index (χ0) is 12.4. The van der Waals surface area contributed by atoms with Gasteiger partial charge in [-0.05, 0) is 31.0 Å². The van der Waals surface area contributed by atoms with Crippen molar-refractivity contribution in [2.45, 2.75) is 25.9 Å². The molecule has 2 rings (SSSR count). The maximum Gasteiger partial charge on any atom is 0.143 e. The molecule has 1 fully saturated rings. The molecule has 1 heterocycles. The van der Waals surface area contributed by atoms with Gasteiger partial charge in [-0.15, -0.1) is 0 Å². The predicted octanol–water partition coefficient (Wildman–Crippen LogP) is 3.53. The minimum atomic E-state index is -0.0256. The van der Waals surface area contributed by atoms with Gasteiger partial charge in [-0.3, -0.25) is 4.79 Å². The molecule has 0 amide bonds. The van der Waals surface area contributed by atoms with Gasteiger partial charge < -0.3 is 4.74 Å². The van der Waals surface area contributed by atoms with Crippen LogP contribution in [0.3, 0.4) is 0 Å². The lowest BCUT2D eigenvalue weighted by molar-refractivity contribution is -0.123. The van der Waals surface area contributed by atoms with E-state index in [4.69, 9.17) is 27.9 Å². The zero-order valence-electron chi connectivity index (χ0n) is 9.58. The zero-order valence-corrected chi connectivity index (χ0v) is 11.1. The second-order valence-electron chi connectivity index (χ2n) is 4.31. The SMILES string of the molecule is CC1OCCC1C(=O)Cc1c(Cl)cccc1Cl. The molecule has 4 heteroatoms. The minimum absolute atomic E-state index is 0.00348.